The molecule has 0 spiro atoms. The highest BCUT2D eigenvalue weighted by molar-refractivity contribution is 6.33. The molecule has 1 aromatic heterocycles. The average molecular weight is 429 g/mol. The van der Waals surface area contributed by atoms with E-state index < -0.39 is 0 Å². The molecule has 1 aromatic carbocycles. The van der Waals surface area contributed by atoms with Crippen LogP contribution in [0, 0.1) is 12.8 Å². The topological polar surface area (TPSA) is 50.2 Å². The van der Waals surface area contributed by atoms with E-state index in [0.29, 0.717) is 35.5 Å². The molecule has 4 rings (SSSR count). The van der Waals surface area contributed by atoms with Crippen LogP contribution in [0.5, 0.6) is 0 Å². The van der Waals surface area contributed by atoms with Crippen molar-refractivity contribution in [3.8, 4) is 0 Å². The van der Waals surface area contributed by atoms with Gasteiger partial charge in [-0.05, 0) is 50.6 Å². The fraction of sp³-hybridized carbons (Fsp3) is 0.583. The van der Waals surface area contributed by atoms with Gasteiger partial charge >= 0.3 is 0 Å². The van der Waals surface area contributed by atoms with E-state index in [0.717, 1.165) is 24.4 Å². The SMILES string of the molecule is Cc1nn(Cc2ccccc2)c(Cl)c1C(=O)NCC1CCCN1CC1CCCCC1. The Morgan fingerprint density at radius 3 is 2.67 bits per heavy atom. The second kappa shape index (κ2) is 9.97. The predicted molar refractivity (Wildman–Crippen MR) is 121 cm³/mol. The summed E-state index contributed by atoms with van der Waals surface area (Å²) in [4.78, 5) is 15.5. The van der Waals surface area contributed by atoms with Gasteiger partial charge in [0.1, 0.15) is 5.15 Å². The molecule has 30 heavy (non-hydrogen) atoms. The Hall–Kier alpha value is -1.85. The first-order chi connectivity index (χ1) is 14.6. The van der Waals surface area contributed by atoms with E-state index in [9.17, 15) is 4.79 Å². The molecular formula is C24H33ClN4O. The largest absolute Gasteiger partial charge is 0.350 e. The first-order valence-corrected chi connectivity index (χ1v) is 11.8. The Labute approximate surface area is 184 Å². The third kappa shape index (κ3) is 5.06. The van der Waals surface area contributed by atoms with Crippen molar-refractivity contribution in [2.45, 2.75) is 64.5 Å². The molecule has 5 nitrogen and oxygen atoms in total. The van der Waals surface area contributed by atoms with Crippen LogP contribution in [-0.4, -0.2) is 46.3 Å². The van der Waals surface area contributed by atoms with Crippen molar-refractivity contribution >= 4 is 17.5 Å². The van der Waals surface area contributed by atoms with Crippen LogP contribution in [0.1, 0.15) is 66.6 Å². The zero-order valence-corrected chi connectivity index (χ0v) is 18.7. The van der Waals surface area contributed by atoms with Crippen molar-refractivity contribution in [1.82, 2.24) is 20.0 Å². The molecule has 1 aliphatic carbocycles. The molecule has 162 valence electrons. The van der Waals surface area contributed by atoms with Gasteiger partial charge in [-0.3, -0.25) is 9.69 Å². The number of carbonyl (C=O) groups is 1. The van der Waals surface area contributed by atoms with E-state index >= 15 is 0 Å². The van der Waals surface area contributed by atoms with Crippen LogP contribution >= 0.6 is 11.6 Å². The lowest BCUT2D eigenvalue weighted by atomic mass is 9.89. The lowest BCUT2D eigenvalue weighted by Gasteiger charge is -2.31. The minimum absolute atomic E-state index is 0.110. The monoisotopic (exact) mass is 428 g/mol. The van der Waals surface area contributed by atoms with E-state index in [1.807, 2.05) is 37.3 Å². The summed E-state index contributed by atoms with van der Waals surface area (Å²) in [5, 5.41) is 8.08. The van der Waals surface area contributed by atoms with Crippen LogP contribution in [0.15, 0.2) is 30.3 Å². The number of hydrogen-bond acceptors (Lipinski definition) is 3. The maximum Gasteiger partial charge on any atom is 0.256 e. The van der Waals surface area contributed by atoms with Gasteiger partial charge in [0.15, 0.2) is 0 Å². The van der Waals surface area contributed by atoms with Crippen LogP contribution in [0.4, 0.5) is 0 Å². The number of nitrogens with zero attached hydrogens (tertiary/aromatic N) is 3. The summed E-state index contributed by atoms with van der Waals surface area (Å²) in [5.41, 5.74) is 2.29. The molecule has 1 saturated carbocycles. The highest BCUT2D eigenvalue weighted by Gasteiger charge is 2.28. The molecule has 2 fully saturated rings. The van der Waals surface area contributed by atoms with Gasteiger partial charge in [0, 0.05) is 19.1 Å². The number of carbonyl (C=O) groups excluding carboxylic acids is 1. The zero-order chi connectivity index (χ0) is 20.9. The number of hydrogen-bond donors (Lipinski definition) is 1. The average Bonchev–Trinajstić information content (AvgIpc) is 3.31. The number of rotatable bonds is 7. The van der Waals surface area contributed by atoms with Gasteiger partial charge in [0.05, 0.1) is 17.8 Å². The molecule has 1 aliphatic heterocycles. The molecule has 6 heteroatoms. The number of nitrogens with one attached hydrogen (secondary N) is 1. The molecule has 2 aromatic rings. The number of benzene rings is 1. The Bertz CT molecular complexity index is 844. The number of aryl methyl sites for hydroxylation is 1. The van der Waals surface area contributed by atoms with Crippen LogP contribution < -0.4 is 5.32 Å². The highest BCUT2D eigenvalue weighted by Crippen LogP contribution is 2.27. The van der Waals surface area contributed by atoms with Crippen LogP contribution in [0.25, 0.3) is 0 Å². The fourth-order valence-electron chi connectivity index (χ4n) is 5.04. The van der Waals surface area contributed by atoms with E-state index in [4.69, 9.17) is 11.6 Å². The number of aromatic nitrogens is 2. The zero-order valence-electron chi connectivity index (χ0n) is 17.9. The van der Waals surface area contributed by atoms with Gasteiger partial charge in [-0.2, -0.15) is 5.10 Å². The molecule has 2 aliphatic rings. The molecule has 1 N–H and O–H groups in total. The van der Waals surface area contributed by atoms with E-state index in [2.05, 4.69) is 15.3 Å². The van der Waals surface area contributed by atoms with Gasteiger partial charge in [-0.1, -0.05) is 61.2 Å². The van der Waals surface area contributed by atoms with Crippen molar-refractivity contribution in [2.24, 2.45) is 5.92 Å². The Balaban J connectivity index is 1.35. The molecule has 0 bridgehead atoms. The fourth-order valence-corrected chi connectivity index (χ4v) is 5.36. The number of likely N-dealkylation sites (tertiary alicyclic amines) is 1. The van der Waals surface area contributed by atoms with E-state index in [1.165, 1.54) is 45.1 Å². The molecule has 1 amide bonds. The van der Waals surface area contributed by atoms with Gasteiger partial charge < -0.3 is 5.32 Å². The summed E-state index contributed by atoms with van der Waals surface area (Å²) >= 11 is 6.56. The third-order valence-corrected chi connectivity index (χ3v) is 7.07. The van der Waals surface area contributed by atoms with Gasteiger partial charge in [-0.25, -0.2) is 4.68 Å². The van der Waals surface area contributed by atoms with Gasteiger partial charge in [0.2, 0.25) is 0 Å². The first kappa shape index (κ1) is 21.4. The summed E-state index contributed by atoms with van der Waals surface area (Å²) in [6.45, 7) is 5.45. The van der Waals surface area contributed by atoms with Gasteiger partial charge in [-0.15, -0.1) is 0 Å². The lowest BCUT2D eigenvalue weighted by Crippen LogP contribution is -2.42. The summed E-state index contributed by atoms with van der Waals surface area (Å²) in [6.07, 6.45) is 9.27. The van der Waals surface area contributed by atoms with Crippen molar-refractivity contribution in [2.75, 3.05) is 19.6 Å². The van der Waals surface area contributed by atoms with Crippen molar-refractivity contribution in [3.63, 3.8) is 0 Å². The molecule has 2 heterocycles. The number of halogens is 1. The Morgan fingerprint density at radius 1 is 1.13 bits per heavy atom. The Morgan fingerprint density at radius 2 is 1.90 bits per heavy atom. The van der Waals surface area contributed by atoms with Gasteiger partial charge in [0.25, 0.3) is 5.91 Å². The maximum absolute atomic E-state index is 12.9. The smallest absolute Gasteiger partial charge is 0.256 e. The predicted octanol–water partition coefficient (Wildman–Crippen LogP) is 4.67. The van der Waals surface area contributed by atoms with Crippen molar-refractivity contribution in [1.29, 1.82) is 0 Å². The second-order valence-corrected chi connectivity index (χ2v) is 9.26. The maximum atomic E-state index is 12.9. The standard InChI is InChI=1S/C24H33ClN4O/c1-18-22(23(25)29(27-18)17-20-11-6-3-7-12-20)24(30)26-15-21-13-8-14-28(21)16-19-9-4-2-5-10-19/h3,6-7,11-12,19,21H,2,4-5,8-10,13-17H2,1H3,(H,26,30). The quantitative estimate of drug-likeness (QED) is 0.697. The summed E-state index contributed by atoms with van der Waals surface area (Å²) in [7, 11) is 0. The molecule has 1 unspecified atom stereocenters. The Kier molecular flexibility index (Phi) is 7.11. The summed E-state index contributed by atoms with van der Waals surface area (Å²) in [5.74, 6) is 0.726. The minimum atomic E-state index is -0.110. The highest BCUT2D eigenvalue weighted by atomic mass is 35.5. The summed E-state index contributed by atoms with van der Waals surface area (Å²) < 4.78 is 1.71. The third-order valence-electron chi connectivity index (χ3n) is 6.68. The lowest BCUT2D eigenvalue weighted by molar-refractivity contribution is 0.0936. The normalized spacial score (nSPS) is 20.5. The van der Waals surface area contributed by atoms with Crippen molar-refractivity contribution in [3.05, 3.63) is 52.3 Å². The molecule has 1 saturated heterocycles. The van der Waals surface area contributed by atoms with Crippen LogP contribution in [0.2, 0.25) is 5.15 Å². The van der Waals surface area contributed by atoms with E-state index in [1.54, 1.807) is 4.68 Å². The number of amides is 1. The molecule has 1 atom stereocenters. The van der Waals surface area contributed by atoms with E-state index in [-0.39, 0.29) is 5.91 Å². The summed E-state index contributed by atoms with van der Waals surface area (Å²) in [6, 6.07) is 10.5. The minimum Gasteiger partial charge on any atom is -0.350 e. The second-order valence-electron chi connectivity index (χ2n) is 8.90. The molecule has 0 radical (unpaired) electrons. The van der Waals surface area contributed by atoms with Crippen LogP contribution in [-0.2, 0) is 6.54 Å². The first-order valence-electron chi connectivity index (χ1n) is 11.4. The molecular weight excluding hydrogens is 396 g/mol. The van der Waals surface area contributed by atoms with Crippen LogP contribution in [0.3, 0.4) is 0 Å². The van der Waals surface area contributed by atoms with Crippen molar-refractivity contribution < 1.29 is 4.79 Å².